The monoisotopic (exact) mass is 419 g/mol. The number of amides is 1. The summed E-state index contributed by atoms with van der Waals surface area (Å²) >= 11 is 3.22. The van der Waals surface area contributed by atoms with Crippen LogP contribution >= 0.6 is 23.1 Å². The number of hydrogen-bond acceptors (Lipinski definition) is 5. The highest BCUT2D eigenvalue weighted by Gasteiger charge is 2.23. The van der Waals surface area contributed by atoms with Crippen LogP contribution < -0.4 is 4.90 Å². The molecular weight excluding hydrogens is 398 g/mol. The zero-order valence-electron chi connectivity index (χ0n) is 16.5. The molecule has 2 heterocycles. The molecule has 0 radical (unpaired) electrons. The number of carbonyl (C=O) groups is 1. The molecule has 0 N–H and O–H groups in total. The zero-order chi connectivity index (χ0) is 20.4. The molecule has 0 aliphatic carbocycles. The fraction of sp³-hybridized carbons (Fsp3) is 0.174. The molecule has 4 nitrogen and oxygen atoms in total. The summed E-state index contributed by atoms with van der Waals surface area (Å²) in [7, 11) is 0. The van der Waals surface area contributed by atoms with Gasteiger partial charge >= 0.3 is 0 Å². The van der Waals surface area contributed by atoms with Gasteiger partial charge in [-0.1, -0.05) is 29.5 Å². The van der Waals surface area contributed by atoms with Gasteiger partial charge in [-0.2, -0.15) is 0 Å². The lowest BCUT2D eigenvalue weighted by molar-refractivity contribution is 0.0984. The molecule has 0 aliphatic heterocycles. The molecule has 0 aliphatic rings. The van der Waals surface area contributed by atoms with Gasteiger partial charge < -0.3 is 0 Å². The van der Waals surface area contributed by atoms with Crippen molar-refractivity contribution in [3.63, 3.8) is 0 Å². The van der Waals surface area contributed by atoms with Crippen molar-refractivity contribution in [2.75, 3.05) is 11.2 Å². The fourth-order valence-electron chi connectivity index (χ4n) is 3.13. The Bertz CT molecular complexity index is 1120. The predicted molar refractivity (Wildman–Crippen MR) is 122 cm³/mol. The van der Waals surface area contributed by atoms with Crippen molar-refractivity contribution in [3.05, 3.63) is 83.2 Å². The van der Waals surface area contributed by atoms with Crippen LogP contribution in [0.1, 0.15) is 27.2 Å². The lowest BCUT2D eigenvalue weighted by Gasteiger charge is -2.19. The van der Waals surface area contributed by atoms with Gasteiger partial charge in [0.25, 0.3) is 5.91 Å². The van der Waals surface area contributed by atoms with Crippen molar-refractivity contribution in [1.29, 1.82) is 0 Å². The van der Waals surface area contributed by atoms with Gasteiger partial charge in [-0.25, -0.2) is 4.98 Å². The van der Waals surface area contributed by atoms with Crippen molar-refractivity contribution >= 4 is 44.4 Å². The standard InChI is InChI=1S/C23H21N3OS2/c1-15-7-8-16(2)21-20(15)25-23(29-21)26(14-18-6-4-5-13-24-18)22(27)17-9-11-19(28-3)12-10-17/h4-13H,14H2,1-3H3. The molecule has 0 atom stereocenters. The minimum absolute atomic E-state index is 0.0716. The third kappa shape index (κ3) is 4.04. The van der Waals surface area contributed by atoms with Crippen LogP contribution in [-0.2, 0) is 6.54 Å². The molecule has 4 aromatic rings. The Hall–Kier alpha value is -2.70. The molecule has 0 spiro atoms. The van der Waals surface area contributed by atoms with Crippen LogP contribution in [-0.4, -0.2) is 22.1 Å². The SMILES string of the molecule is CSc1ccc(C(=O)N(Cc2ccccn2)c2nc3c(C)ccc(C)c3s2)cc1. The number of rotatable bonds is 5. The van der Waals surface area contributed by atoms with E-state index < -0.39 is 0 Å². The molecule has 6 heteroatoms. The molecule has 2 aromatic heterocycles. The topological polar surface area (TPSA) is 46.1 Å². The van der Waals surface area contributed by atoms with Gasteiger partial charge in [-0.3, -0.25) is 14.7 Å². The average molecular weight is 420 g/mol. The third-order valence-electron chi connectivity index (χ3n) is 4.79. The summed E-state index contributed by atoms with van der Waals surface area (Å²) in [6.45, 7) is 4.51. The summed E-state index contributed by atoms with van der Waals surface area (Å²) in [4.78, 5) is 25.6. The van der Waals surface area contributed by atoms with E-state index in [0.29, 0.717) is 17.2 Å². The van der Waals surface area contributed by atoms with Gasteiger partial charge in [-0.15, -0.1) is 11.8 Å². The fourth-order valence-corrected chi connectivity index (χ4v) is 4.65. The van der Waals surface area contributed by atoms with Crippen molar-refractivity contribution in [1.82, 2.24) is 9.97 Å². The number of anilines is 1. The van der Waals surface area contributed by atoms with E-state index in [-0.39, 0.29) is 5.91 Å². The Kier molecular flexibility index (Phi) is 5.65. The van der Waals surface area contributed by atoms with Crippen LogP contribution in [0.15, 0.2) is 65.7 Å². The minimum atomic E-state index is -0.0716. The number of aromatic nitrogens is 2. The second kappa shape index (κ2) is 8.35. The summed E-state index contributed by atoms with van der Waals surface area (Å²) in [5, 5.41) is 0.696. The van der Waals surface area contributed by atoms with Crippen LogP contribution in [0.2, 0.25) is 0 Å². The molecule has 29 heavy (non-hydrogen) atoms. The van der Waals surface area contributed by atoms with Gasteiger partial charge in [-0.05, 0) is 67.6 Å². The molecule has 1 amide bonds. The number of benzene rings is 2. The van der Waals surface area contributed by atoms with Crippen LogP contribution in [0.3, 0.4) is 0 Å². The zero-order valence-corrected chi connectivity index (χ0v) is 18.2. The quantitative estimate of drug-likeness (QED) is 0.379. The Morgan fingerprint density at radius 1 is 1.03 bits per heavy atom. The van der Waals surface area contributed by atoms with E-state index in [9.17, 15) is 4.79 Å². The van der Waals surface area contributed by atoms with Gasteiger partial charge in [0.15, 0.2) is 5.13 Å². The lowest BCUT2D eigenvalue weighted by Crippen LogP contribution is -2.30. The smallest absolute Gasteiger partial charge is 0.260 e. The van der Waals surface area contributed by atoms with Crippen molar-refractivity contribution in [2.24, 2.45) is 0 Å². The van der Waals surface area contributed by atoms with Crippen LogP contribution in [0.4, 0.5) is 5.13 Å². The number of nitrogens with zero attached hydrogens (tertiary/aromatic N) is 3. The first-order chi connectivity index (χ1) is 14.1. The molecule has 0 saturated carbocycles. The van der Waals surface area contributed by atoms with E-state index in [1.807, 2.05) is 48.7 Å². The number of fused-ring (bicyclic) bond motifs is 1. The van der Waals surface area contributed by atoms with Crippen LogP contribution in [0.5, 0.6) is 0 Å². The summed E-state index contributed by atoms with van der Waals surface area (Å²) < 4.78 is 1.12. The summed E-state index contributed by atoms with van der Waals surface area (Å²) in [5.74, 6) is -0.0716. The van der Waals surface area contributed by atoms with Gasteiger partial charge in [0, 0.05) is 16.7 Å². The van der Waals surface area contributed by atoms with Gasteiger partial charge in [0.1, 0.15) is 0 Å². The minimum Gasteiger partial charge on any atom is -0.278 e. The second-order valence-electron chi connectivity index (χ2n) is 6.81. The van der Waals surface area contributed by atoms with Crippen molar-refractivity contribution in [3.8, 4) is 0 Å². The largest absolute Gasteiger partial charge is 0.278 e. The molecule has 0 saturated heterocycles. The molecule has 2 aromatic carbocycles. The maximum Gasteiger partial charge on any atom is 0.260 e. The highest BCUT2D eigenvalue weighted by atomic mass is 32.2. The summed E-state index contributed by atoms with van der Waals surface area (Å²) in [5.41, 5.74) is 4.72. The molecule has 4 rings (SSSR count). The van der Waals surface area contributed by atoms with Crippen molar-refractivity contribution in [2.45, 2.75) is 25.3 Å². The van der Waals surface area contributed by atoms with E-state index in [0.717, 1.165) is 26.4 Å². The normalized spacial score (nSPS) is 11.0. The first-order valence-electron chi connectivity index (χ1n) is 9.29. The van der Waals surface area contributed by atoms with E-state index in [1.165, 1.54) is 5.56 Å². The van der Waals surface area contributed by atoms with E-state index in [2.05, 4.69) is 31.0 Å². The number of aryl methyl sites for hydroxylation is 2. The Morgan fingerprint density at radius 3 is 2.45 bits per heavy atom. The maximum absolute atomic E-state index is 13.5. The molecule has 0 unspecified atom stereocenters. The number of pyridine rings is 1. The third-order valence-corrected chi connectivity index (χ3v) is 6.75. The second-order valence-corrected chi connectivity index (χ2v) is 8.67. The number of carbonyl (C=O) groups excluding carboxylic acids is 1. The summed E-state index contributed by atoms with van der Waals surface area (Å²) in [6.07, 6.45) is 3.77. The predicted octanol–water partition coefficient (Wildman–Crippen LogP) is 5.88. The molecule has 0 fully saturated rings. The van der Waals surface area contributed by atoms with Crippen LogP contribution in [0, 0.1) is 13.8 Å². The molecule has 146 valence electrons. The Morgan fingerprint density at radius 2 is 1.79 bits per heavy atom. The highest BCUT2D eigenvalue weighted by Crippen LogP contribution is 2.34. The number of thioether (sulfide) groups is 1. The Balaban J connectivity index is 1.78. The molecular formula is C23H21N3OS2. The van der Waals surface area contributed by atoms with E-state index in [1.54, 1.807) is 34.2 Å². The first kappa shape index (κ1) is 19.6. The Labute approximate surface area is 178 Å². The van der Waals surface area contributed by atoms with Gasteiger partial charge in [0.2, 0.25) is 0 Å². The number of thiazole rings is 1. The summed E-state index contributed by atoms with van der Waals surface area (Å²) in [6, 6.07) is 17.6. The van der Waals surface area contributed by atoms with Crippen LogP contribution in [0.25, 0.3) is 10.2 Å². The number of hydrogen-bond donors (Lipinski definition) is 0. The molecule has 0 bridgehead atoms. The average Bonchev–Trinajstić information content (AvgIpc) is 3.21. The maximum atomic E-state index is 13.5. The first-order valence-corrected chi connectivity index (χ1v) is 11.3. The van der Waals surface area contributed by atoms with E-state index in [4.69, 9.17) is 4.98 Å². The van der Waals surface area contributed by atoms with Crippen molar-refractivity contribution < 1.29 is 4.79 Å². The highest BCUT2D eigenvalue weighted by molar-refractivity contribution is 7.98. The van der Waals surface area contributed by atoms with Gasteiger partial charge in [0.05, 0.1) is 22.5 Å². The van der Waals surface area contributed by atoms with E-state index >= 15 is 0 Å². The lowest BCUT2D eigenvalue weighted by atomic mass is 10.1.